The summed E-state index contributed by atoms with van der Waals surface area (Å²) in [7, 11) is 0. The van der Waals surface area contributed by atoms with Gasteiger partial charge in [0.1, 0.15) is 11.6 Å². The van der Waals surface area contributed by atoms with E-state index in [4.69, 9.17) is 4.74 Å². The van der Waals surface area contributed by atoms with E-state index < -0.39 is 11.6 Å². The number of benzene rings is 1. The third-order valence-corrected chi connectivity index (χ3v) is 3.46. The lowest BCUT2D eigenvalue weighted by molar-refractivity contribution is -0.122. The third-order valence-electron chi connectivity index (χ3n) is 3.46. The van der Waals surface area contributed by atoms with Gasteiger partial charge in [0.2, 0.25) is 5.91 Å². The zero-order valence-electron chi connectivity index (χ0n) is 11.8. The van der Waals surface area contributed by atoms with Crippen LogP contribution in [0.15, 0.2) is 18.2 Å². The molecule has 1 aliphatic rings. The van der Waals surface area contributed by atoms with E-state index in [2.05, 4.69) is 10.6 Å². The fourth-order valence-electron chi connectivity index (χ4n) is 2.23. The van der Waals surface area contributed by atoms with Crippen molar-refractivity contribution in [3.63, 3.8) is 0 Å². The Kier molecular flexibility index (Phi) is 6.07. The summed E-state index contributed by atoms with van der Waals surface area (Å²) < 4.78 is 31.7. The molecule has 0 unspecified atom stereocenters. The van der Waals surface area contributed by atoms with Crippen molar-refractivity contribution in [2.45, 2.75) is 31.9 Å². The highest BCUT2D eigenvalue weighted by atomic mass is 19.1. The summed E-state index contributed by atoms with van der Waals surface area (Å²) in [5.74, 6) is -1.48. The lowest BCUT2D eigenvalue weighted by atomic mass is 10.1. The van der Waals surface area contributed by atoms with Crippen molar-refractivity contribution in [1.82, 2.24) is 10.6 Å². The van der Waals surface area contributed by atoms with E-state index in [9.17, 15) is 13.6 Å². The molecule has 1 aromatic carbocycles. The number of carbonyl (C=O) groups is 1. The molecular formula is C15H20F2N2O2. The summed E-state index contributed by atoms with van der Waals surface area (Å²) in [6.07, 6.45) is 2.38. The third kappa shape index (κ3) is 5.40. The van der Waals surface area contributed by atoms with Gasteiger partial charge in [0.15, 0.2) is 0 Å². The second-order valence-corrected chi connectivity index (χ2v) is 5.08. The van der Waals surface area contributed by atoms with E-state index in [1.165, 1.54) is 12.1 Å². The van der Waals surface area contributed by atoms with E-state index in [0.717, 1.165) is 32.0 Å². The van der Waals surface area contributed by atoms with Gasteiger partial charge in [-0.2, -0.15) is 0 Å². The van der Waals surface area contributed by atoms with Gasteiger partial charge in [0.05, 0.1) is 12.7 Å². The Hall–Kier alpha value is -1.53. The highest BCUT2D eigenvalue weighted by Crippen LogP contribution is 2.09. The predicted molar refractivity (Wildman–Crippen MR) is 74.7 cm³/mol. The van der Waals surface area contributed by atoms with Crippen LogP contribution in [0.1, 0.15) is 24.8 Å². The number of nitrogens with one attached hydrogen (secondary N) is 2. The molecule has 116 valence electrons. The summed E-state index contributed by atoms with van der Waals surface area (Å²) in [5.41, 5.74) is 0.268. The van der Waals surface area contributed by atoms with Gasteiger partial charge in [-0.05, 0) is 32.0 Å². The normalized spacial score (nSPS) is 15.9. The van der Waals surface area contributed by atoms with E-state index in [1.54, 1.807) is 0 Å². The van der Waals surface area contributed by atoms with Crippen molar-refractivity contribution in [3.8, 4) is 0 Å². The molecule has 2 N–H and O–H groups in total. The van der Waals surface area contributed by atoms with Crippen LogP contribution in [0, 0.1) is 11.6 Å². The lowest BCUT2D eigenvalue weighted by Gasteiger charge is -2.22. The molecule has 0 saturated carbocycles. The van der Waals surface area contributed by atoms with Crippen LogP contribution < -0.4 is 10.6 Å². The zero-order valence-corrected chi connectivity index (χ0v) is 11.8. The molecule has 0 aromatic heterocycles. The number of amides is 1. The summed E-state index contributed by atoms with van der Waals surface area (Å²) in [5, 5.41) is 5.84. The van der Waals surface area contributed by atoms with Crippen molar-refractivity contribution < 1.29 is 18.3 Å². The number of hydrogen-bond donors (Lipinski definition) is 2. The highest BCUT2D eigenvalue weighted by molar-refractivity contribution is 5.75. The van der Waals surface area contributed by atoms with Crippen molar-refractivity contribution >= 4 is 5.91 Å². The minimum atomic E-state index is -0.652. The summed E-state index contributed by atoms with van der Waals surface area (Å²) >= 11 is 0. The Balaban J connectivity index is 1.65. The standard InChI is InChI=1S/C15H20F2N2O2/c16-12-2-1-11(14(17)9-12)10-19-15(20)5-8-21-13-3-6-18-7-4-13/h1-2,9,13,18H,3-8,10H2,(H,19,20). The van der Waals surface area contributed by atoms with Crippen molar-refractivity contribution in [2.24, 2.45) is 0 Å². The molecule has 0 atom stereocenters. The summed E-state index contributed by atoms with van der Waals surface area (Å²) in [6.45, 7) is 2.31. The second kappa shape index (κ2) is 8.05. The van der Waals surface area contributed by atoms with Crippen LogP contribution in [0.5, 0.6) is 0 Å². The molecule has 2 rings (SSSR count). The average molecular weight is 298 g/mol. The van der Waals surface area contributed by atoms with Crippen molar-refractivity contribution in [1.29, 1.82) is 0 Å². The van der Waals surface area contributed by atoms with Crippen LogP contribution in [0.3, 0.4) is 0 Å². The largest absolute Gasteiger partial charge is 0.378 e. The predicted octanol–water partition coefficient (Wildman–Crippen LogP) is 1.74. The number of carbonyl (C=O) groups excluding carboxylic acids is 1. The molecule has 1 heterocycles. The molecule has 1 aromatic rings. The molecule has 0 aliphatic carbocycles. The van der Waals surface area contributed by atoms with Crippen molar-refractivity contribution in [3.05, 3.63) is 35.4 Å². The first-order chi connectivity index (χ1) is 10.1. The SMILES string of the molecule is O=C(CCOC1CCNCC1)NCc1ccc(F)cc1F. The number of piperidine rings is 1. The quantitative estimate of drug-likeness (QED) is 0.841. The number of halogens is 2. The lowest BCUT2D eigenvalue weighted by Crippen LogP contribution is -2.33. The highest BCUT2D eigenvalue weighted by Gasteiger charge is 2.13. The zero-order chi connectivity index (χ0) is 15.1. The van der Waals surface area contributed by atoms with Crippen LogP contribution in [0.2, 0.25) is 0 Å². The molecule has 1 amide bonds. The van der Waals surface area contributed by atoms with Crippen LogP contribution >= 0.6 is 0 Å². The molecule has 0 spiro atoms. The maximum atomic E-state index is 13.4. The monoisotopic (exact) mass is 298 g/mol. The van der Waals surface area contributed by atoms with Gasteiger partial charge < -0.3 is 15.4 Å². The molecule has 4 nitrogen and oxygen atoms in total. The van der Waals surface area contributed by atoms with Gasteiger partial charge in [-0.25, -0.2) is 8.78 Å². The van der Waals surface area contributed by atoms with Gasteiger partial charge in [-0.1, -0.05) is 6.07 Å². The molecular weight excluding hydrogens is 278 g/mol. The number of rotatable bonds is 6. The first-order valence-corrected chi connectivity index (χ1v) is 7.18. The molecule has 0 bridgehead atoms. The van der Waals surface area contributed by atoms with E-state index >= 15 is 0 Å². The number of hydrogen-bond acceptors (Lipinski definition) is 3. The summed E-state index contributed by atoms with van der Waals surface area (Å²) in [4.78, 5) is 11.6. The van der Waals surface area contributed by atoms with Crippen molar-refractivity contribution in [2.75, 3.05) is 19.7 Å². The molecule has 21 heavy (non-hydrogen) atoms. The Bertz CT molecular complexity index is 477. The first-order valence-electron chi connectivity index (χ1n) is 7.18. The van der Waals surface area contributed by atoms with Crippen LogP contribution in [-0.2, 0) is 16.1 Å². The maximum absolute atomic E-state index is 13.4. The fourth-order valence-corrected chi connectivity index (χ4v) is 2.23. The average Bonchev–Trinajstić information content (AvgIpc) is 2.47. The first kappa shape index (κ1) is 15.9. The molecule has 6 heteroatoms. The second-order valence-electron chi connectivity index (χ2n) is 5.08. The Morgan fingerprint density at radius 1 is 1.33 bits per heavy atom. The molecule has 0 radical (unpaired) electrons. The molecule has 1 fully saturated rings. The Morgan fingerprint density at radius 3 is 2.81 bits per heavy atom. The van der Waals surface area contributed by atoms with Crippen LogP contribution in [0.25, 0.3) is 0 Å². The van der Waals surface area contributed by atoms with Crippen LogP contribution in [0.4, 0.5) is 8.78 Å². The minimum absolute atomic E-state index is 0.0539. The van der Waals surface area contributed by atoms with Gasteiger partial charge in [0, 0.05) is 24.6 Å². The minimum Gasteiger partial charge on any atom is -0.378 e. The fraction of sp³-hybridized carbons (Fsp3) is 0.533. The maximum Gasteiger partial charge on any atom is 0.222 e. The molecule has 1 saturated heterocycles. The van der Waals surface area contributed by atoms with Crippen LogP contribution in [-0.4, -0.2) is 31.7 Å². The van der Waals surface area contributed by atoms with Gasteiger partial charge in [-0.15, -0.1) is 0 Å². The van der Waals surface area contributed by atoms with Gasteiger partial charge >= 0.3 is 0 Å². The van der Waals surface area contributed by atoms with Gasteiger partial charge in [-0.3, -0.25) is 4.79 Å². The smallest absolute Gasteiger partial charge is 0.222 e. The van der Waals surface area contributed by atoms with E-state index in [-0.39, 0.29) is 30.5 Å². The van der Waals surface area contributed by atoms with Gasteiger partial charge in [0.25, 0.3) is 0 Å². The number of ether oxygens (including phenoxy) is 1. The van der Waals surface area contributed by atoms with E-state index in [1.807, 2.05) is 0 Å². The topological polar surface area (TPSA) is 50.4 Å². The Labute approximate surface area is 122 Å². The van der Waals surface area contributed by atoms with E-state index in [0.29, 0.717) is 6.61 Å². The molecule has 1 aliphatic heterocycles. The Morgan fingerprint density at radius 2 is 2.10 bits per heavy atom. The summed E-state index contributed by atoms with van der Waals surface area (Å²) in [6, 6.07) is 3.31.